The molecule has 0 saturated carbocycles. The van der Waals surface area contributed by atoms with Crippen LogP contribution in [0.1, 0.15) is 10.4 Å². The summed E-state index contributed by atoms with van der Waals surface area (Å²) in [6.07, 6.45) is 0.286. The van der Waals surface area contributed by atoms with Crippen LogP contribution in [0.3, 0.4) is 0 Å². The molecule has 1 heterocycles. The molecule has 0 bridgehead atoms. The number of anilines is 1. The molecule has 102 valence electrons. The minimum absolute atomic E-state index is 0.173. The third-order valence-electron chi connectivity index (χ3n) is 2.49. The monoisotopic (exact) mass is 288 g/mol. The van der Waals surface area contributed by atoms with Gasteiger partial charge in [0.25, 0.3) is 0 Å². The molecule has 0 atom stereocenters. The second-order valence-electron chi connectivity index (χ2n) is 4.00. The van der Waals surface area contributed by atoms with Crippen LogP contribution in [0.2, 0.25) is 0 Å². The number of nitrogens with two attached hydrogens (primary N) is 1. The van der Waals surface area contributed by atoms with E-state index in [1.807, 2.05) is 17.5 Å². The van der Waals surface area contributed by atoms with Crippen molar-refractivity contribution in [2.45, 2.75) is 6.42 Å². The van der Waals surface area contributed by atoms with Gasteiger partial charge in [-0.2, -0.15) is 0 Å². The van der Waals surface area contributed by atoms with Gasteiger partial charge >= 0.3 is 0 Å². The number of rotatable bonds is 3. The van der Waals surface area contributed by atoms with Crippen molar-refractivity contribution in [3.8, 4) is 11.8 Å². The summed E-state index contributed by atoms with van der Waals surface area (Å²) in [5.41, 5.74) is 5.92. The van der Waals surface area contributed by atoms with Crippen LogP contribution < -0.4 is 11.1 Å². The maximum atomic E-state index is 13.7. The number of hydrogen-bond donors (Lipinski definition) is 2. The Balaban J connectivity index is 2.03. The van der Waals surface area contributed by atoms with E-state index in [2.05, 4.69) is 17.2 Å². The van der Waals surface area contributed by atoms with Crippen molar-refractivity contribution in [3.05, 3.63) is 52.0 Å². The van der Waals surface area contributed by atoms with E-state index in [1.54, 1.807) is 6.07 Å². The predicted molar refractivity (Wildman–Crippen MR) is 79.0 cm³/mol. The van der Waals surface area contributed by atoms with Gasteiger partial charge in [0, 0.05) is 10.6 Å². The first-order valence-electron chi connectivity index (χ1n) is 6.00. The minimum Gasteiger partial charge on any atom is -0.326 e. The van der Waals surface area contributed by atoms with Gasteiger partial charge in [0.1, 0.15) is 5.82 Å². The second-order valence-corrected chi connectivity index (χ2v) is 5.04. The van der Waals surface area contributed by atoms with E-state index in [9.17, 15) is 9.18 Å². The number of halogens is 1. The third-order valence-corrected chi connectivity index (χ3v) is 3.37. The molecular formula is C15H13FN2OS. The van der Waals surface area contributed by atoms with Crippen molar-refractivity contribution < 1.29 is 9.18 Å². The molecule has 2 aromatic rings. The third kappa shape index (κ3) is 3.92. The van der Waals surface area contributed by atoms with Crippen molar-refractivity contribution in [3.63, 3.8) is 0 Å². The van der Waals surface area contributed by atoms with Crippen molar-refractivity contribution in [1.82, 2.24) is 0 Å². The maximum Gasteiger partial charge on any atom is 0.229 e. The Bertz CT molecular complexity index is 656. The molecule has 1 aromatic heterocycles. The van der Waals surface area contributed by atoms with Gasteiger partial charge in [-0.1, -0.05) is 17.9 Å². The number of amides is 1. The van der Waals surface area contributed by atoms with Crippen LogP contribution in [-0.4, -0.2) is 12.5 Å². The fraction of sp³-hybridized carbons (Fsp3) is 0.133. The van der Waals surface area contributed by atoms with Crippen molar-refractivity contribution >= 4 is 22.9 Å². The summed E-state index contributed by atoms with van der Waals surface area (Å²) in [7, 11) is 0. The van der Waals surface area contributed by atoms with E-state index in [1.165, 1.54) is 23.5 Å². The Labute approximate surface area is 120 Å². The molecule has 0 spiro atoms. The quantitative estimate of drug-likeness (QED) is 0.852. The molecule has 0 unspecified atom stereocenters. The van der Waals surface area contributed by atoms with E-state index >= 15 is 0 Å². The summed E-state index contributed by atoms with van der Waals surface area (Å²) >= 11 is 1.51. The maximum absolute atomic E-state index is 13.7. The fourth-order valence-corrected chi connectivity index (χ4v) is 2.32. The summed E-state index contributed by atoms with van der Waals surface area (Å²) in [5, 5.41) is 4.57. The van der Waals surface area contributed by atoms with Crippen molar-refractivity contribution in [2.24, 2.45) is 5.73 Å². The van der Waals surface area contributed by atoms with E-state index in [-0.39, 0.29) is 24.4 Å². The topological polar surface area (TPSA) is 55.1 Å². The summed E-state index contributed by atoms with van der Waals surface area (Å²) in [6.45, 7) is 0.179. The predicted octanol–water partition coefficient (Wildman–Crippen LogP) is 2.38. The van der Waals surface area contributed by atoms with Crippen LogP contribution in [-0.2, 0) is 11.2 Å². The highest BCUT2D eigenvalue weighted by Gasteiger charge is 2.07. The first-order chi connectivity index (χ1) is 9.69. The normalized spacial score (nSPS) is 9.70. The highest BCUT2D eigenvalue weighted by molar-refractivity contribution is 7.10. The molecule has 2 rings (SSSR count). The van der Waals surface area contributed by atoms with E-state index in [0.717, 1.165) is 4.88 Å². The van der Waals surface area contributed by atoms with E-state index in [0.29, 0.717) is 5.69 Å². The molecule has 1 amide bonds. The van der Waals surface area contributed by atoms with E-state index in [4.69, 9.17) is 5.73 Å². The number of carbonyl (C=O) groups excluding carboxylic acids is 1. The Morgan fingerprint density at radius 2 is 2.25 bits per heavy atom. The van der Waals surface area contributed by atoms with Gasteiger partial charge in [-0.05, 0) is 29.6 Å². The summed E-state index contributed by atoms with van der Waals surface area (Å²) in [6, 6.07) is 8.18. The molecule has 3 N–H and O–H groups in total. The largest absolute Gasteiger partial charge is 0.326 e. The van der Waals surface area contributed by atoms with Gasteiger partial charge in [0.15, 0.2) is 0 Å². The van der Waals surface area contributed by atoms with Gasteiger partial charge in [0.05, 0.1) is 18.5 Å². The Morgan fingerprint density at radius 3 is 2.90 bits per heavy atom. The zero-order valence-corrected chi connectivity index (χ0v) is 11.5. The van der Waals surface area contributed by atoms with Gasteiger partial charge in [-0.15, -0.1) is 11.3 Å². The lowest BCUT2D eigenvalue weighted by Crippen LogP contribution is -2.13. The standard InChI is InChI=1S/C15H13FN2OS/c16-14-9-12(6-5-11(14)3-1-7-17)18-15(19)10-13-4-2-8-20-13/h2,4-6,8-9H,7,10,17H2,(H,18,19). The van der Waals surface area contributed by atoms with Crippen LogP contribution in [0.4, 0.5) is 10.1 Å². The number of benzene rings is 1. The number of nitrogens with one attached hydrogen (secondary N) is 1. The van der Waals surface area contributed by atoms with Crippen molar-refractivity contribution in [1.29, 1.82) is 0 Å². The molecule has 0 aliphatic rings. The fourth-order valence-electron chi connectivity index (χ4n) is 1.62. The van der Waals surface area contributed by atoms with Gasteiger partial charge < -0.3 is 11.1 Å². The average molecular weight is 288 g/mol. The summed E-state index contributed by atoms with van der Waals surface area (Å²) in [5.74, 6) is 4.57. The lowest BCUT2D eigenvalue weighted by atomic mass is 10.2. The molecule has 0 aliphatic heterocycles. The summed E-state index contributed by atoms with van der Waals surface area (Å²) < 4.78 is 13.7. The van der Waals surface area contributed by atoms with Gasteiger partial charge in [0.2, 0.25) is 5.91 Å². The average Bonchev–Trinajstić information content (AvgIpc) is 2.90. The zero-order valence-electron chi connectivity index (χ0n) is 10.7. The molecule has 5 heteroatoms. The number of hydrogen-bond acceptors (Lipinski definition) is 3. The highest BCUT2D eigenvalue weighted by atomic mass is 32.1. The molecule has 0 saturated heterocycles. The zero-order chi connectivity index (χ0) is 14.4. The number of thiophene rings is 1. The summed E-state index contributed by atoms with van der Waals surface area (Å²) in [4.78, 5) is 12.7. The first-order valence-corrected chi connectivity index (χ1v) is 6.87. The molecule has 0 aliphatic carbocycles. The molecule has 0 radical (unpaired) electrons. The smallest absolute Gasteiger partial charge is 0.229 e. The van der Waals surface area contributed by atoms with Crippen LogP contribution in [0, 0.1) is 17.7 Å². The molecule has 0 fully saturated rings. The van der Waals surface area contributed by atoms with Crippen LogP contribution >= 0.6 is 11.3 Å². The highest BCUT2D eigenvalue weighted by Crippen LogP contribution is 2.15. The Hall–Kier alpha value is -2.16. The second kappa shape index (κ2) is 6.85. The SMILES string of the molecule is NCC#Cc1ccc(NC(=O)Cc2cccs2)cc1F. The molecule has 20 heavy (non-hydrogen) atoms. The number of carbonyl (C=O) groups is 1. The van der Waals surface area contributed by atoms with Crippen molar-refractivity contribution in [2.75, 3.05) is 11.9 Å². The lowest BCUT2D eigenvalue weighted by molar-refractivity contribution is -0.115. The van der Waals surface area contributed by atoms with Crippen LogP contribution in [0.5, 0.6) is 0 Å². The lowest BCUT2D eigenvalue weighted by Gasteiger charge is -2.05. The van der Waals surface area contributed by atoms with Crippen LogP contribution in [0.25, 0.3) is 0 Å². The van der Waals surface area contributed by atoms with Gasteiger partial charge in [-0.25, -0.2) is 4.39 Å². The minimum atomic E-state index is -0.472. The molecular weight excluding hydrogens is 275 g/mol. The van der Waals surface area contributed by atoms with Gasteiger partial charge in [-0.3, -0.25) is 4.79 Å². The Kier molecular flexibility index (Phi) is 4.88. The molecule has 1 aromatic carbocycles. The first kappa shape index (κ1) is 14.3. The molecule has 3 nitrogen and oxygen atoms in total. The van der Waals surface area contributed by atoms with Crippen LogP contribution in [0.15, 0.2) is 35.7 Å². The van der Waals surface area contributed by atoms with E-state index < -0.39 is 5.82 Å². The Morgan fingerprint density at radius 1 is 1.40 bits per heavy atom.